The van der Waals surface area contributed by atoms with Crippen LogP contribution < -0.4 is 9.47 Å². The van der Waals surface area contributed by atoms with Crippen molar-refractivity contribution < 1.29 is 31.8 Å². The van der Waals surface area contributed by atoms with Gasteiger partial charge in [0, 0.05) is 25.9 Å². The molecule has 1 aliphatic heterocycles. The fourth-order valence-electron chi connectivity index (χ4n) is 3.65. The SMILES string of the molecule is Cc1c(Oc2ccc(S(=O)(=O)C3CC3)cc2F)ncnc1OC1CCN(C(=O)OC(C)C)CC1. The standard InChI is InChI=1S/C23H28FN3O6S/c1-14(2)31-23(28)27-10-8-16(9-11-27)32-21-15(3)22(26-13-25-21)33-20-7-6-18(12-19(20)24)34(29,30)17-4-5-17/h6-7,12-14,16-17H,4-5,8-11H2,1-3H3. The Labute approximate surface area is 198 Å². The predicted molar refractivity (Wildman–Crippen MR) is 120 cm³/mol. The van der Waals surface area contributed by atoms with Crippen LogP contribution in [0.25, 0.3) is 0 Å². The van der Waals surface area contributed by atoms with Crippen molar-refractivity contribution in [1.29, 1.82) is 0 Å². The van der Waals surface area contributed by atoms with E-state index in [0.717, 1.165) is 6.07 Å². The lowest BCUT2D eigenvalue weighted by Crippen LogP contribution is -2.42. The fraction of sp³-hybridized carbons (Fsp3) is 0.522. The van der Waals surface area contributed by atoms with Crippen LogP contribution in [-0.4, -0.2) is 59.9 Å². The highest BCUT2D eigenvalue weighted by molar-refractivity contribution is 7.92. The first-order chi connectivity index (χ1) is 16.1. The molecule has 184 valence electrons. The summed E-state index contributed by atoms with van der Waals surface area (Å²) in [5, 5.41) is -0.421. The van der Waals surface area contributed by atoms with E-state index in [4.69, 9.17) is 14.2 Å². The maximum atomic E-state index is 14.6. The van der Waals surface area contributed by atoms with E-state index in [1.54, 1.807) is 11.8 Å². The van der Waals surface area contributed by atoms with E-state index in [2.05, 4.69) is 9.97 Å². The number of sulfone groups is 1. The minimum Gasteiger partial charge on any atom is -0.474 e. The number of hydrogen-bond donors (Lipinski definition) is 0. The third kappa shape index (κ3) is 5.40. The minimum absolute atomic E-state index is 0.0492. The number of likely N-dealkylation sites (tertiary alicyclic amines) is 1. The normalized spacial score (nSPS) is 17.0. The van der Waals surface area contributed by atoms with Crippen molar-refractivity contribution in [3.05, 3.63) is 35.9 Å². The van der Waals surface area contributed by atoms with Crippen LogP contribution in [0.4, 0.5) is 9.18 Å². The van der Waals surface area contributed by atoms with E-state index in [1.807, 2.05) is 13.8 Å². The van der Waals surface area contributed by atoms with Gasteiger partial charge in [0.25, 0.3) is 0 Å². The van der Waals surface area contributed by atoms with Gasteiger partial charge in [-0.2, -0.15) is 0 Å². The lowest BCUT2D eigenvalue weighted by atomic mass is 10.1. The molecule has 0 N–H and O–H groups in total. The first-order valence-corrected chi connectivity index (χ1v) is 12.8. The Morgan fingerprint density at radius 3 is 2.41 bits per heavy atom. The van der Waals surface area contributed by atoms with Crippen molar-refractivity contribution in [3.8, 4) is 17.5 Å². The first kappa shape index (κ1) is 24.2. The molecule has 0 spiro atoms. The average Bonchev–Trinajstić information content (AvgIpc) is 3.64. The molecule has 1 saturated heterocycles. The molecule has 34 heavy (non-hydrogen) atoms. The number of carbonyl (C=O) groups excluding carboxylic acids is 1. The molecule has 1 aliphatic carbocycles. The number of hydrogen-bond acceptors (Lipinski definition) is 8. The predicted octanol–water partition coefficient (Wildman–Crippen LogP) is 4.04. The summed E-state index contributed by atoms with van der Waals surface area (Å²) in [4.78, 5) is 21.9. The van der Waals surface area contributed by atoms with Crippen molar-refractivity contribution in [2.45, 2.75) is 68.8 Å². The van der Waals surface area contributed by atoms with Gasteiger partial charge in [-0.1, -0.05) is 0 Å². The van der Waals surface area contributed by atoms with Gasteiger partial charge >= 0.3 is 6.09 Å². The molecule has 0 bridgehead atoms. The van der Waals surface area contributed by atoms with Crippen LogP contribution in [0.5, 0.6) is 17.5 Å². The second-order valence-electron chi connectivity index (χ2n) is 8.78. The second-order valence-corrected chi connectivity index (χ2v) is 11.0. The molecule has 1 amide bonds. The zero-order chi connectivity index (χ0) is 24.5. The zero-order valence-electron chi connectivity index (χ0n) is 19.4. The highest BCUT2D eigenvalue weighted by Gasteiger charge is 2.37. The highest BCUT2D eigenvalue weighted by Crippen LogP contribution is 2.36. The maximum Gasteiger partial charge on any atom is 0.410 e. The molecule has 0 radical (unpaired) electrons. The summed E-state index contributed by atoms with van der Waals surface area (Å²) >= 11 is 0. The lowest BCUT2D eigenvalue weighted by molar-refractivity contribution is 0.0505. The molecule has 4 rings (SSSR count). The molecule has 2 aromatic rings. The first-order valence-electron chi connectivity index (χ1n) is 11.3. The smallest absolute Gasteiger partial charge is 0.410 e. The van der Waals surface area contributed by atoms with Crippen LogP contribution in [0.15, 0.2) is 29.4 Å². The molecule has 2 heterocycles. The number of piperidine rings is 1. The van der Waals surface area contributed by atoms with Gasteiger partial charge in [0.05, 0.1) is 21.8 Å². The number of carbonyl (C=O) groups is 1. The summed E-state index contributed by atoms with van der Waals surface area (Å²) in [6, 6.07) is 3.62. The summed E-state index contributed by atoms with van der Waals surface area (Å²) in [5.74, 6) is -0.511. The fourth-order valence-corrected chi connectivity index (χ4v) is 5.31. The molecular weight excluding hydrogens is 465 g/mol. The Hall–Kier alpha value is -2.95. The summed E-state index contributed by atoms with van der Waals surface area (Å²) in [6.45, 7) is 6.32. The topological polar surface area (TPSA) is 108 Å². The minimum atomic E-state index is -3.50. The van der Waals surface area contributed by atoms with Crippen LogP contribution >= 0.6 is 0 Å². The van der Waals surface area contributed by atoms with Gasteiger partial charge in [-0.15, -0.1) is 0 Å². The lowest BCUT2D eigenvalue weighted by Gasteiger charge is -2.31. The molecule has 1 aromatic carbocycles. The number of rotatable bonds is 7. The zero-order valence-corrected chi connectivity index (χ0v) is 20.2. The van der Waals surface area contributed by atoms with Crippen molar-refractivity contribution in [2.24, 2.45) is 0 Å². The van der Waals surface area contributed by atoms with Gasteiger partial charge in [-0.3, -0.25) is 0 Å². The molecule has 0 atom stereocenters. The molecular formula is C23H28FN3O6S. The Bertz CT molecular complexity index is 1160. The van der Waals surface area contributed by atoms with Gasteiger partial charge in [-0.05, 0) is 51.8 Å². The van der Waals surface area contributed by atoms with Crippen LogP contribution in [0.2, 0.25) is 0 Å². The van der Waals surface area contributed by atoms with Gasteiger partial charge < -0.3 is 19.1 Å². The quantitative estimate of drug-likeness (QED) is 0.569. The van der Waals surface area contributed by atoms with Crippen LogP contribution in [0.1, 0.15) is 45.1 Å². The Kier molecular flexibility index (Phi) is 6.92. The summed E-state index contributed by atoms with van der Waals surface area (Å²) in [7, 11) is -3.50. The van der Waals surface area contributed by atoms with Gasteiger partial charge in [0.2, 0.25) is 11.8 Å². The van der Waals surface area contributed by atoms with Crippen molar-refractivity contribution in [2.75, 3.05) is 13.1 Å². The number of aromatic nitrogens is 2. The Morgan fingerprint density at radius 2 is 1.79 bits per heavy atom. The average molecular weight is 494 g/mol. The van der Waals surface area contributed by atoms with Crippen molar-refractivity contribution in [1.82, 2.24) is 14.9 Å². The molecule has 0 unspecified atom stereocenters. The van der Waals surface area contributed by atoms with E-state index in [1.165, 1.54) is 18.5 Å². The molecule has 11 heteroatoms. The summed E-state index contributed by atoms with van der Waals surface area (Å²) in [5.41, 5.74) is 0.484. The highest BCUT2D eigenvalue weighted by atomic mass is 32.2. The third-order valence-electron chi connectivity index (χ3n) is 5.71. The molecule has 9 nitrogen and oxygen atoms in total. The second kappa shape index (κ2) is 9.73. The molecule has 1 aromatic heterocycles. The van der Waals surface area contributed by atoms with Gasteiger partial charge in [0.1, 0.15) is 12.4 Å². The van der Waals surface area contributed by atoms with E-state index < -0.39 is 20.9 Å². The largest absolute Gasteiger partial charge is 0.474 e. The van der Waals surface area contributed by atoms with Crippen molar-refractivity contribution in [3.63, 3.8) is 0 Å². The number of nitrogens with zero attached hydrogens (tertiary/aromatic N) is 3. The van der Waals surface area contributed by atoms with Crippen LogP contribution in [0, 0.1) is 12.7 Å². The maximum absolute atomic E-state index is 14.6. The molecule has 1 saturated carbocycles. The number of ether oxygens (including phenoxy) is 3. The number of benzene rings is 1. The van der Waals surface area contributed by atoms with E-state index in [0.29, 0.717) is 50.2 Å². The van der Waals surface area contributed by atoms with Crippen LogP contribution in [0.3, 0.4) is 0 Å². The molecule has 2 fully saturated rings. The molecule has 2 aliphatic rings. The van der Waals surface area contributed by atoms with E-state index in [9.17, 15) is 17.6 Å². The monoisotopic (exact) mass is 493 g/mol. The summed E-state index contributed by atoms with van der Waals surface area (Å²) < 4.78 is 56.2. The number of halogens is 1. The van der Waals surface area contributed by atoms with E-state index >= 15 is 0 Å². The Morgan fingerprint density at radius 1 is 1.12 bits per heavy atom. The Balaban J connectivity index is 1.40. The number of amides is 1. The van der Waals surface area contributed by atoms with Gasteiger partial charge in [-0.25, -0.2) is 27.6 Å². The van der Waals surface area contributed by atoms with Gasteiger partial charge in [0.15, 0.2) is 21.4 Å². The van der Waals surface area contributed by atoms with Crippen molar-refractivity contribution >= 4 is 15.9 Å². The van der Waals surface area contributed by atoms with Crippen LogP contribution in [-0.2, 0) is 14.6 Å². The third-order valence-corrected chi connectivity index (χ3v) is 7.97. The summed E-state index contributed by atoms with van der Waals surface area (Å²) in [6.07, 6.45) is 3.02. The van der Waals surface area contributed by atoms with E-state index in [-0.39, 0.29) is 34.8 Å².